The maximum absolute atomic E-state index is 12.7. The van der Waals surface area contributed by atoms with Crippen molar-refractivity contribution in [2.75, 3.05) is 0 Å². The molecule has 1 nitrogen and oxygen atoms in total. The van der Waals surface area contributed by atoms with E-state index < -0.39 is 11.9 Å². The van der Waals surface area contributed by atoms with Gasteiger partial charge in [-0.1, -0.05) is 52.9 Å². The first-order valence-corrected chi connectivity index (χ1v) is 7.83. The molecule has 1 aromatic heterocycles. The zero-order valence-corrected chi connectivity index (χ0v) is 13.3. The molecule has 0 aliphatic heterocycles. The van der Waals surface area contributed by atoms with Crippen LogP contribution in [0.3, 0.4) is 0 Å². The Balaban J connectivity index is 2.72. The van der Waals surface area contributed by atoms with Gasteiger partial charge in [0.15, 0.2) is 0 Å². The Labute approximate surface area is 126 Å². The van der Waals surface area contributed by atoms with E-state index in [0.29, 0.717) is 6.42 Å². The van der Waals surface area contributed by atoms with Crippen molar-refractivity contribution in [1.82, 2.24) is 4.98 Å². The van der Waals surface area contributed by atoms with Crippen molar-refractivity contribution in [2.45, 2.75) is 71.9 Å². The van der Waals surface area contributed by atoms with Crippen LogP contribution in [0.1, 0.15) is 70.6 Å². The van der Waals surface area contributed by atoms with Crippen LogP contribution in [-0.2, 0) is 12.6 Å². The molecule has 1 unspecified atom stereocenters. The molecule has 0 aliphatic carbocycles. The van der Waals surface area contributed by atoms with Gasteiger partial charge in [-0.25, -0.2) is 0 Å². The molecule has 0 aromatic carbocycles. The largest absolute Gasteiger partial charge is 0.433 e. The number of alkyl halides is 3. The molecule has 21 heavy (non-hydrogen) atoms. The number of aromatic nitrogens is 1. The number of hydrogen-bond acceptors (Lipinski definition) is 1. The van der Waals surface area contributed by atoms with Gasteiger partial charge in [-0.3, -0.25) is 4.98 Å². The molecule has 0 amide bonds. The Morgan fingerprint density at radius 2 is 1.81 bits per heavy atom. The molecule has 0 saturated carbocycles. The third kappa shape index (κ3) is 6.06. The van der Waals surface area contributed by atoms with Crippen LogP contribution in [0.15, 0.2) is 18.3 Å². The number of halogens is 3. The molecule has 0 saturated heterocycles. The number of hydrogen-bond donors (Lipinski definition) is 0. The zero-order chi connectivity index (χ0) is 15.9. The second kappa shape index (κ2) is 7.81. The van der Waals surface area contributed by atoms with Crippen LogP contribution < -0.4 is 0 Å². The molecule has 1 atom stereocenters. The summed E-state index contributed by atoms with van der Waals surface area (Å²) in [6.45, 7) is 6.47. The summed E-state index contributed by atoms with van der Waals surface area (Å²) in [5.41, 5.74) is 0.0134. The first-order chi connectivity index (χ1) is 9.80. The van der Waals surface area contributed by atoms with Gasteiger partial charge in [0.2, 0.25) is 0 Å². The average Bonchev–Trinajstić information content (AvgIpc) is 2.43. The van der Waals surface area contributed by atoms with Crippen LogP contribution in [-0.4, -0.2) is 4.98 Å². The lowest BCUT2D eigenvalue weighted by Gasteiger charge is -2.28. The number of pyridine rings is 1. The van der Waals surface area contributed by atoms with Crippen molar-refractivity contribution in [3.63, 3.8) is 0 Å². The fraction of sp³-hybridized carbons (Fsp3) is 0.706. The molecule has 1 rings (SSSR count). The van der Waals surface area contributed by atoms with Crippen molar-refractivity contribution in [2.24, 2.45) is 5.41 Å². The molecule has 0 spiro atoms. The van der Waals surface area contributed by atoms with Gasteiger partial charge in [0.25, 0.3) is 0 Å². The molecule has 0 fully saturated rings. The Morgan fingerprint density at radius 1 is 1.10 bits per heavy atom. The quantitative estimate of drug-likeness (QED) is 0.534. The SMILES string of the molecule is CCCCCCC(C)(CC)Cc1ccnc(C(F)(F)F)c1. The van der Waals surface area contributed by atoms with Gasteiger partial charge >= 0.3 is 6.18 Å². The second-order valence-corrected chi connectivity index (χ2v) is 6.20. The maximum atomic E-state index is 12.7. The fourth-order valence-corrected chi connectivity index (χ4v) is 2.60. The highest BCUT2D eigenvalue weighted by Gasteiger charge is 2.33. The minimum Gasteiger partial charge on any atom is -0.252 e. The molecule has 0 radical (unpaired) electrons. The van der Waals surface area contributed by atoms with Crippen LogP contribution in [0.2, 0.25) is 0 Å². The van der Waals surface area contributed by atoms with Crippen molar-refractivity contribution in [3.05, 3.63) is 29.6 Å². The normalized spacial score (nSPS) is 15.0. The summed E-state index contributed by atoms with van der Waals surface area (Å²) in [5, 5.41) is 0. The van der Waals surface area contributed by atoms with Gasteiger partial charge in [0.05, 0.1) is 0 Å². The molecule has 4 heteroatoms. The summed E-state index contributed by atoms with van der Waals surface area (Å²) < 4.78 is 38.1. The van der Waals surface area contributed by atoms with Crippen molar-refractivity contribution in [1.29, 1.82) is 0 Å². The minimum absolute atomic E-state index is 0.0674. The van der Waals surface area contributed by atoms with E-state index in [2.05, 4.69) is 25.8 Å². The number of rotatable bonds is 8. The predicted octanol–water partition coefficient (Wildman–Crippen LogP) is 6.03. The molecule has 0 N–H and O–H groups in total. The summed E-state index contributed by atoms with van der Waals surface area (Å²) in [4.78, 5) is 3.43. The molecule has 0 aliphatic rings. The third-order valence-electron chi connectivity index (χ3n) is 4.23. The van der Waals surface area contributed by atoms with E-state index in [-0.39, 0.29) is 5.41 Å². The molecule has 120 valence electrons. The molecule has 1 heterocycles. The van der Waals surface area contributed by atoms with Gasteiger partial charge in [0, 0.05) is 6.20 Å². The van der Waals surface area contributed by atoms with Gasteiger partial charge < -0.3 is 0 Å². The van der Waals surface area contributed by atoms with E-state index in [0.717, 1.165) is 24.8 Å². The lowest BCUT2D eigenvalue weighted by atomic mass is 9.77. The van der Waals surface area contributed by atoms with E-state index in [1.165, 1.54) is 31.5 Å². The van der Waals surface area contributed by atoms with Gasteiger partial charge in [-0.2, -0.15) is 13.2 Å². The lowest BCUT2D eigenvalue weighted by Crippen LogP contribution is -2.19. The minimum atomic E-state index is -4.36. The summed E-state index contributed by atoms with van der Waals surface area (Å²) >= 11 is 0. The van der Waals surface area contributed by atoms with E-state index >= 15 is 0 Å². The van der Waals surface area contributed by atoms with Crippen LogP contribution >= 0.6 is 0 Å². The maximum Gasteiger partial charge on any atom is 0.433 e. The van der Waals surface area contributed by atoms with Crippen LogP contribution in [0.5, 0.6) is 0 Å². The summed E-state index contributed by atoms with van der Waals surface area (Å²) in [5.74, 6) is 0. The first-order valence-electron chi connectivity index (χ1n) is 7.83. The average molecular weight is 301 g/mol. The first kappa shape index (κ1) is 18.0. The number of unbranched alkanes of at least 4 members (excludes halogenated alkanes) is 3. The Kier molecular flexibility index (Phi) is 6.69. The highest BCUT2D eigenvalue weighted by molar-refractivity contribution is 5.19. The smallest absolute Gasteiger partial charge is 0.252 e. The van der Waals surface area contributed by atoms with E-state index in [9.17, 15) is 13.2 Å². The summed E-state index contributed by atoms with van der Waals surface area (Å²) in [6.07, 6.45) is 4.41. The molecule has 1 aromatic rings. The molecular formula is C17H26F3N. The second-order valence-electron chi connectivity index (χ2n) is 6.20. The van der Waals surface area contributed by atoms with E-state index in [1.807, 2.05) is 0 Å². The third-order valence-corrected chi connectivity index (χ3v) is 4.23. The highest BCUT2D eigenvalue weighted by atomic mass is 19.4. The Hall–Kier alpha value is -1.06. The molecule has 0 bridgehead atoms. The van der Waals surface area contributed by atoms with Crippen LogP contribution in [0.25, 0.3) is 0 Å². The Bertz CT molecular complexity index is 428. The number of nitrogens with zero attached hydrogens (tertiary/aromatic N) is 1. The summed E-state index contributed by atoms with van der Waals surface area (Å²) in [7, 11) is 0. The standard InChI is InChI=1S/C17H26F3N/c1-4-6-7-8-10-16(3,5-2)13-14-9-11-21-15(12-14)17(18,19)20/h9,11-12H,4-8,10,13H2,1-3H3. The fourth-order valence-electron chi connectivity index (χ4n) is 2.60. The topological polar surface area (TPSA) is 12.9 Å². The Morgan fingerprint density at radius 3 is 2.38 bits per heavy atom. The lowest BCUT2D eigenvalue weighted by molar-refractivity contribution is -0.141. The van der Waals surface area contributed by atoms with Crippen molar-refractivity contribution < 1.29 is 13.2 Å². The van der Waals surface area contributed by atoms with Gasteiger partial charge in [-0.05, 0) is 36.0 Å². The zero-order valence-electron chi connectivity index (χ0n) is 13.3. The monoisotopic (exact) mass is 301 g/mol. The highest BCUT2D eigenvalue weighted by Crippen LogP contribution is 2.34. The van der Waals surface area contributed by atoms with Gasteiger partial charge in [-0.15, -0.1) is 0 Å². The van der Waals surface area contributed by atoms with E-state index in [4.69, 9.17) is 0 Å². The van der Waals surface area contributed by atoms with Crippen molar-refractivity contribution >= 4 is 0 Å². The molecular weight excluding hydrogens is 275 g/mol. The van der Waals surface area contributed by atoms with E-state index in [1.54, 1.807) is 6.07 Å². The predicted molar refractivity (Wildman–Crippen MR) is 80.1 cm³/mol. The van der Waals surface area contributed by atoms with Crippen LogP contribution in [0, 0.1) is 5.41 Å². The summed E-state index contributed by atoms with van der Waals surface area (Å²) in [6, 6.07) is 2.90. The van der Waals surface area contributed by atoms with Crippen LogP contribution in [0.4, 0.5) is 13.2 Å². The van der Waals surface area contributed by atoms with Gasteiger partial charge in [0.1, 0.15) is 5.69 Å². The van der Waals surface area contributed by atoms with Crippen molar-refractivity contribution in [3.8, 4) is 0 Å².